The molecule has 1 saturated carbocycles. The Morgan fingerprint density at radius 1 is 1.38 bits per heavy atom. The number of aliphatic hydroxyl groups is 1. The molecule has 1 atom stereocenters. The number of ether oxygens (including phenoxy) is 1. The largest absolute Gasteiger partial charge is 0.393 e. The number of hydrogen-bond donors (Lipinski definition) is 1. The van der Waals surface area contributed by atoms with Crippen molar-refractivity contribution in [2.24, 2.45) is 5.92 Å². The van der Waals surface area contributed by atoms with Crippen LogP contribution in [0, 0.1) is 5.92 Å². The van der Waals surface area contributed by atoms with Gasteiger partial charge in [0.15, 0.2) is 0 Å². The summed E-state index contributed by atoms with van der Waals surface area (Å²) in [6, 6.07) is 0. The Labute approximate surface area is 93.8 Å². The summed E-state index contributed by atoms with van der Waals surface area (Å²) >= 11 is 0. The monoisotopic (exact) mass is 240 g/mol. The SMILES string of the molecule is CCOC1CC(CC(O)CCC(F)(F)F)C1. The summed E-state index contributed by atoms with van der Waals surface area (Å²) in [5.74, 6) is 0.333. The highest BCUT2D eigenvalue weighted by Gasteiger charge is 2.33. The van der Waals surface area contributed by atoms with Gasteiger partial charge in [-0.25, -0.2) is 0 Å². The minimum atomic E-state index is -4.16. The van der Waals surface area contributed by atoms with Gasteiger partial charge < -0.3 is 9.84 Å². The summed E-state index contributed by atoms with van der Waals surface area (Å²) in [6.45, 7) is 2.60. The molecule has 0 aromatic carbocycles. The first-order chi connectivity index (χ1) is 7.40. The molecule has 2 nitrogen and oxygen atoms in total. The molecule has 1 unspecified atom stereocenters. The lowest BCUT2D eigenvalue weighted by molar-refractivity contribution is -0.141. The van der Waals surface area contributed by atoms with E-state index >= 15 is 0 Å². The lowest BCUT2D eigenvalue weighted by Gasteiger charge is -2.36. The van der Waals surface area contributed by atoms with Gasteiger partial charge in [0.2, 0.25) is 0 Å². The lowest BCUT2D eigenvalue weighted by Crippen LogP contribution is -2.33. The molecule has 5 heteroatoms. The molecule has 0 heterocycles. The quantitative estimate of drug-likeness (QED) is 0.773. The Morgan fingerprint density at radius 3 is 2.50 bits per heavy atom. The number of alkyl halides is 3. The van der Waals surface area contributed by atoms with E-state index in [1.807, 2.05) is 6.92 Å². The number of aliphatic hydroxyl groups excluding tert-OH is 1. The van der Waals surface area contributed by atoms with Crippen LogP contribution in [0.4, 0.5) is 13.2 Å². The number of hydrogen-bond acceptors (Lipinski definition) is 2. The van der Waals surface area contributed by atoms with E-state index in [9.17, 15) is 18.3 Å². The first kappa shape index (κ1) is 13.8. The van der Waals surface area contributed by atoms with Gasteiger partial charge in [-0.1, -0.05) is 0 Å². The van der Waals surface area contributed by atoms with E-state index in [2.05, 4.69) is 0 Å². The zero-order valence-corrected chi connectivity index (χ0v) is 9.46. The third-order valence-corrected chi connectivity index (χ3v) is 2.96. The van der Waals surface area contributed by atoms with Crippen molar-refractivity contribution in [2.45, 2.75) is 57.4 Å². The number of halogens is 3. The van der Waals surface area contributed by atoms with Gasteiger partial charge in [-0.2, -0.15) is 13.2 Å². The molecule has 0 bridgehead atoms. The molecule has 0 spiro atoms. The van der Waals surface area contributed by atoms with E-state index < -0.39 is 18.7 Å². The van der Waals surface area contributed by atoms with Gasteiger partial charge in [0.05, 0.1) is 12.2 Å². The average molecular weight is 240 g/mol. The van der Waals surface area contributed by atoms with Crippen molar-refractivity contribution < 1.29 is 23.0 Å². The molecular formula is C11H19F3O2. The second kappa shape index (κ2) is 5.87. The predicted octanol–water partition coefficient (Wildman–Crippen LogP) is 2.90. The summed E-state index contributed by atoms with van der Waals surface area (Å²) in [4.78, 5) is 0. The molecule has 0 aromatic rings. The van der Waals surface area contributed by atoms with E-state index in [0.717, 1.165) is 12.8 Å². The van der Waals surface area contributed by atoms with Crippen LogP contribution in [-0.2, 0) is 4.74 Å². The van der Waals surface area contributed by atoms with Crippen LogP contribution in [0.5, 0.6) is 0 Å². The molecule has 96 valence electrons. The molecule has 0 radical (unpaired) electrons. The molecule has 1 aliphatic carbocycles. The molecule has 1 aliphatic rings. The van der Waals surface area contributed by atoms with Crippen LogP contribution in [0.2, 0.25) is 0 Å². The van der Waals surface area contributed by atoms with E-state index in [-0.39, 0.29) is 12.5 Å². The minimum Gasteiger partial charge on any atom is -0.393 e. The second-order valence-electron chi connectivity index (χ2n) is 4.46. The third-order valence-electron chi connectivity index (χ3n) is 2.96. The van der Waals surface area contributed by atoms with Crippen molar-refractivity contribution in [1.29, 1.82) is 0 Å². The summed E-state index contributed by atoms with van der Waals surface area (Å²) in [5.41, 5.74) is 0. The van der Waals surface area contributed by atoms with Crippen molar-refractivity contribution in [1.82, 2.24) is 0 Å². The summed E-state index contributed by atoms with van der Waals surface area (Å²) in [6.07, 6.45) is -3.59. The van der Waals surface area contributed by atoms with Gasteiger partial charge in [0, 0.05) is 13.0 Å². The molecule has 0 aromatic heterocycles. The maximum absolute atomic E-state index is 11.9. The molecule has 0 amide bonds. The Morgan fingerprint density at radius 2 is 2.00 bits per heavy atom. The Bertz CT molecular complexity index is 200. The highest BCUT2D eigenvalue weighted by atomic mass is 19.4. The standard InChI is InChI=1S/C11H19F3O2/c1-2-16-10-6-8(7-10)5-9(15)3-4-11(12,13)14/h8-10,15H,2-7H2,1H3. The molecule has 1 N–H and O–H groups in total. The van der Waals surface area contributed by atoms with E-state index in [0.29, 0.717) is 18.9 Å². The Hall–Kier alpha value is -0.290. The minimum absolute atomic E-state index is 0.181. The fourth-order valence-electron chi connectivity index (χ4n) is 2.07. The van der Waals surface area contributed by atoms with E-state index in [1.54, 1.807) is 0 Å². The van der Waals surface area contributed by atoms with Crippen molar-refractivity contribution >= 4 is 0 Å². The van der Waals surface area contributed by atoms with Crippen molar-refractivity contribution in [3.05, 3.63) is 0 Å². The second-order valence-corrected chi connectivity index (χ2v) is 4.46. The average Bonchev–Trinajstić information content (AvgIpc) is 2.10. The highest BCUT2D eigenvalue weighted by Crippen LogP contribution is 2.34. The summed E-state index contributed by atoms with van der Waals surface area (Å²) in [5, 5.41) is 9.42. The number of rotatable bonds is 6. The summed E-state index contributed by atoms with van der Waals surface area (Å²) < 4.78 is 41.0. The molecule has 16 heavy (non-hydrogen) atoms. The summed E-state index contributed by atoms with van der Waals surface area (Å²) in [7, 11) is 0. The van der Waals surface area contributed by atoms with Crippen LogP contribution >= 0.6 is 0 Å². The Balaban J connectivity index is 2.06. The third kappa shape index (κ3) is 5.16. The first-order valence-corrected chi connectivity index (χ1v) is 5.77. The Kier molecular flexibility index (Phi) is 5.05. The van der Waals surface area contributed by atoms with Crippen LogP contribution in [0.25, 0.3) is 0 Å². The topological polar surface area (TPSA) is 29.5 Å². The molecule has 0 aliphatic heterocycles. The lowest BCUT2D eigenvalue weighted by atomic mass is 9.78. The molecule has 1 fully saturated rings. The van der Waals surface area contributed by atoms with Gasteiger partial charge in [0.25, 0.3) is 0 Å². The van der Waals surface area contributed by atoms with Crippen LogP contribution in [0.1, 0.15) is 39.0 Å². The fraction of sp³-hybridized carbons (Fsp3) is 1.00. The van der Waals surface area contributed by atoms with Crippen LogP contribution in [0.15, 0.2) is 0 Å². The maximum Gasteiger partial charge on any atom is 0.389 e. The van der Waals surface area contributed by atoms with Gasteiger partial charge in [-0.15, -0.1) is 0 Å². The predicted molar refractivity (Wildman–Crippen MR) is 54.1 cm³/mol. The first-order valence-electron chi connectivity index (χ1n) is 5.77. The smallest absolute Gasteiger partial charge is 0.389 e. The van der Waals surface area contributed by atoms with Gasteiger partial charge >= 0.3 is 6.18 Å². The molecule has 0 saturated heterocycles. The van der Waals surface area contributed by atoms with Crippen molar-refractivity contribution in [3.8, 4) is 0 Å². The fourth-order valence-corrected chi connectivity index (χ4v) is 2.07. The van der Waals surface area contributed by atoms with Crippen LogP contribution < -0.4 is 0 Å². The van der Waals surface area contributed by atoms with Crippen LogP contribution in [-0.4, -0.2) is 30.1 Å². The van der Waals surface area contributed by atoms with Gasteiger partial charge in [-0.3, -0.25) is 0 Å². The highest BCUT2D eigenvalue weighted by molar-refractivity contribution is 4.82. The maximum atomic E-state index is 11.9. The zero-order valence-electron chi connectivity index (χ0n) is 9.46. The van der Waals surface area contributed by atoms with E-state index in [4.69, 9.17) is 4.74 Å². The van der Waals surface area contributed by atoms with Crippen molar-refractivity contribution in [2.75, 3.05) is 6.61 Å². The van der Waals surface area contributed by atoms with Gasteiger partial charge in [-0.05, 0) is 38.5 Å². The van der Waals surface area contributed by atoms with Crippen molar-refractivity contribution in [3.63, 3.8) is 0 Å². The molecule has 1 rings (SSSR count). The molecular weight excluding hydrogens is 221 g/mol. The van der Waals surface area contributed by atoms with Crippen LogP contribution in [0.3, 0.4) is 0 Å². The zero-order chi connectivity index (χ0) is 12.2. The normalized spacial score (nSPS) is 27.6. The van der Waals surface area contributed by atoms with E-state index in [1.165, 1.54) is 0 Å². The van der Waals surface area contributed by atoms with Gasteiger partial charge in [0.1, 0.15) is 0 Å².